The first kappa shape index (κ1) is 15.5. The summed E-state index contributed by atoms with van der Waals surface area (Å²) in [5.41, 5.74) is 2.77. The molecule has 0 bridgehead atoms. The molecule has 1 saturated heterocycles. The Morgan fingerprint density at radius 2 is 2.32 bits per heavy atom. The van der Waals surface area contributed by atoms with E-state index in [4.69, 9.17) is 0 Å². The van der Waals surface area contributed by atoms with Crippen LogP contribution in [0.2, 0.25) is 0 Å². The van der Waals surface area contributed by atoms with E-state index in [1.165, 1.54) is 25.8 Å². The van der Waals surface area contributed by atoms with E-state index in [1.807, 2.05) is 11.9 Å². The molecule has 3 heterocycles. The van der Waals surface area contributed by atoms with Crippen LogP contribution < -0.4 is 5.32 Å². The Labute approximate surface area is 132 Å². The number of piperidine rings is 1. The number of hydrogen-bond donors (Lipinski definition) is 2. The molecular formula is C16H27N5O. The molecule has 0 aromatic carbocycles. The van der Waals surface area contributed by atoms with Gasteiger partial charge in [0.1, 0.15) is 0 Å². The van der Waals surface area contributed by atoms with Crippen molar-refractivity contribution in [2.45, 2.75) is 44.7 Å². The monoisotopic (exact) mass is 305 g/mol. The van der Waals surface area contributed by atoms with Crippen LogP contribution in [0.15, 0.2) is 0 Å². The Kier molecular flexibility index (Phi) is 4.78. The lowest BCUT2D eigenvalue weighted by Gasteiger charge is -2.33. The molecule has 0 radical (unpaired) electrons. The number of nitrogens with one attached hydrogen (secondary N) is 2. The maximum absolute atomic E-state index is 12.6. The van der Waals surface area contributed by atoms with Gasteiger partial charge in [-0.15, -0.1) is 0 Å². The summed E-state index contributed by atoms with van der Waals surface area (Å²) < 4.78 is 0. The zero-order valence-electron chi connectivity index (χ0n) is 13.7. The highest BCUT2D eigenvalue weighted by atomic mass is 16.2. The highest BCUT2D eigenvalue weighted by Crippen LogP contribution is 2.19. The van der Waals surface area contributed by atoms with Crippen molar-refractivity contribution in [3.8, 4) is 0 Å². The number of likely N-dealkylation sites (tertiary alicyclic amines) is 1. The van der Waals surface area contributed by atoms with Gasteiger partial charge in [-0.3, -0.25) is 9.89 Å². The second kappa shape index (κ2) is 6.79. The third-order valence-corrected chi connectivity index (χ3v) is 5.07. The van der Waals surface area contributed by atoms with Crippen molar-refractivity contribution in [3.63, 3.8) is 0 Å². The normalized spacial score (nSPS) is 22.4. The van der Waals surface area contributed by atoms with Crippen molar-refractivity contribution >= 4 is 5.91 Å². The van der Waals surface area contributed by atoms with Crippen LogP contribution in [0.5, 0.6) is 0 Å². The fourth-order valence-electron chi connectivity index (χ4n) is 3.54. The predicted octanol–water partition coefficient (Wildman–Crippen LogP) is 1.00. The van der Waals surface area contributed by atoms with Crippen LogP contribution in [0.1, 0.15) is 47.4 Å². The number of aromatic nitrogens is 2. The van der Waals surface area contributed by atoms with E-state index in [0.717, 1.165) is 43.7 Å². The smallest absolute Gasteiger partial charge is 0.274 e. The van der Waals surface area contributed by atoms with Crippen LogP contribution in [0.25, 0.3) is 0 Å². The molecule has 6 heteroatoms. The molecule has 1 aromatic rings. The van der Waals surface area contributed by atoms with Gasteiger partial charge in [-0.1, -0.05) is 6.42 Å². The van der Waals surface area contributed by atoms with E-state index in [-0.39, 0.29) is 5.91 Å². The maximum Gasteiger partial charge on any atom is 0.274 e. The third-order valence-electron chi connectivity index (χ3n) is 5.07. The topological polar surface area (TPSA) is 64.3 Å². The summed E-state index contributed by atoms with van der Waals surface area (Å²) in [6.45, 7) is 3.67. The van der Waals surface area contributed by atoms with E-state index >= 15 is 0 Å². The van der Waals surface area contributed by atoms with Crippen LogP contribution in [-0.4, -0.2) is 65.7 Å². The van der Waals surface area contributed by atoms with Gasteiger partial charge in [-0.2, -0.15) is 5.10 Å². The molecule has 1 amide bonds. The molecule has 2 aliphatic heterocycles. The maximum atomic E-state index is 12.6. The molecule has 22 heavy (non-hydrogen) atoms. The van der Waals surface area contributed by atoms with E-state index in [9.17, 15) is 4.79 Å². The molecule has 1 fully saturated rings. The molecule has 0 saturated carbocycles. The quantitative estimate of drug-likeness (QED) is 0.871. The molecule has 2 aliphatic rings. The molecule has 1 aromatic heterocycles. The molecule has 122 valence electrons. The lowest BCUT2D eigenvalue weighted by atomic mass is 10.00. The second-order valence-electron chi connectivity index (χ2n) is 6.60. The SMILES string of the molecule is CN(CCC1CCCCN1C)C(=O)c1n[nH]c2c1CNCC2. The second-order valence-corrected chi connectivity index (χ2v) is 6.60. The van der Waals surface area contributed by atoms with E-state index in [2.05, 4.69) is 27.5 Å². The highest BCUT2D eigenvalue weighted by molar-refractivity contribution is 5.93. The van der Waals surface area contributed by atoms with Crippen LogP contribution in [0.4, 0.5) is 0 Å². The average molecular weight is 305 g/mol. The first-order valence-electron chi connectivity index (χ1n) is 8.39. The lowest BCUT2D eigenvalue weighted by Crippen LogP contribution is -2.39. The Hall–Kier alpha value is -1.40. The predicted molar refractivity (Wildman–Crippen MR) is 85.8 cm³/mol. The van der Waals surface area contributed by atoms with Gasteiger partial charge in [0.2, 0.25) is 0 Å². The van der Waals surface area contributed by atoms with Gasteiger partial charge in [0.05, 0.1) is 0 Å². The number of H-pyrrole nitrogens is 1. The van der Waals surface area contributed by atoms with Gasteiger partial charge >= 0.3 is 0 Å². The number of nitrogens with zero attached hydrogens (tertiary/aromatic N) is 3. The largest absolute Gasteiger partial charge is 0.340 e. The summed E-state index contributed by atoms with van der Waals surface area (Å²) in [5, 5.41) is 10.6. The average Bonchev–Trinajstić information content (AvgIpc) is 2.97. The third kappa shape index (κ3) is 3.17. The molecule has 1 atom stereocenters. The van der Waals surface area contributed by atoms with Crippen LogP contribution in [0.3, 0.4) is 0 Å². The minimum atomic E-state index is 0.0414. The van der Waals surface area contributed by atoms with Crippen LogP contribution in [0, 0.1) is 0 Å². The van der Waals surface area contributed by atoms with Crippen LogP contribution in [-0.2, 0) is 13.0 Å². The Morgan fingerprint density at radius 1 is 1.45 bits per heavy atom. The van der Waals surface area contributed by atoms with E-state index in [0.29, 0.717) is 11.7 Å². The van der Waals surface area contributed by atoms with Crippen molar-refractivity contribution in [1.29, 1.82) is 0 Å². The van der Waals surface area contributed by atoms with Crippen molar-refractivity contribution in [2.75, 3.05) is 33.7 Å². The van der Waals surface area contributed by atoms with Gasteiger partial charge in [0.25, 0.3) is 5.91 Å². The fraction of sp³-hybridized carbons (Fsp3) is 0.750. The summed E-state index contributed by atoms with van der Waals surface area (Å²) in [4.78, 5) is 16.9. The van der Waals surface area contributed by atoms with Gasteiger partial charge in [0, 0.05) is 50.4 Å². The van der Waals surface area contributed by atoms with Gasteiger partial charge in [0.15, 0.2) is 5.69 Å². The number of carbonyl (C=O) groups excluding carboxylic acids is 1. The molecule has 0 spiro atoms. The first-order valence-corrected chi connectivity index (χ1v) is 8.39. The molecule has 1 unspecified atom stereocenters. The van der Waals surface area contributed by atoms with E-state index < -0.39 is 0 Å². The number of carbonyl (C=O) groups is 1. The standard InChI is InChI=1S/C16H27N5O/c1-20-9-4-3-5-12(20)7-10-21(2)16(22)15-13-11-17-8-6-14(13)18-19-15/h12,17H,3-11H2,1-2H3,(H,18,19). The number of rotatable bonds is 4. The molecule has 0 aliphatic carbocycles. The van der Waals surface area contributed by atoms with Crippen molar-refractivity contribution in [3.05, 3.63) is 17.0 Å². The van der Waals surface area contributed by atoms with Crippen molar-refractivity contribution < 1.29 is 4.79 Å². The van der Waals surface area contributed by atoms with Gasteiger partial charge < -0.3 is 15.1 Å². The summed E-state index contributed by atoms with van der Waals surface area (Å²) in [6, 6.07) is 0.610. The molecule has 3 rings (SSSR count). The summed E-state index contributed by atoms with van der Waals surface area (Å²) >= 11 is 0. The fourth-order valence-corrected chi connectivity index (χ4v) is 3.54. The minimum absolute atomic E-state index is 0.0414. The summed E-state index contributed by atoms with van der Waals surface area (Å²) in [5.74, 6) is 0.0414. The van der Waals surface area contributed by atoms with E-state index in [1.54, 1.807) is 0 Å². The summed E-state index contributed by atoms with van der Waals surface area (Å²) in [7, 11) is 4.09. The number of hydrogen-bond acceptors (Lipinski definition) is 4. The van der Waals surface area contributed by atoms with Gasteiger partial charge in [-0.05, 0) is 32.9 Å². The zero-order valence-corrected chi connectivity index (χ0v) is 13.7. The number of amides is 1. The van der Waals surface area contributed by atoms with Crippen molar-refractivity contribution in [1.82, 2.24) is 25.3 Å². The number of aromatic amines is 1. The molecular weight excluding hydrogens is 278 g/mol. The van der Waals surface area contributed by atoms with Gasteiger partial charge in [-0.25, -0.2) is 0 Å². The Morgan fingerprint density at radius 3 is 3.14 bits per heavy atom. The number of fused-ring (bicyclic) bond motifs is 1. The molecule has 2 N–H and O–H groups in total. The molecule has 6 nitrogen and oxygen atoms in total. The van der Waals surface area contributed by atoms with Crippen molar-refractivity contribution in [2.24, 2.45) is 0 Å². The lowest BCUT2D eigenvalue weighted by molar-refractivity contribution is 0.0763. The first-order chi connectivity index (χ1) is 10.7. The van der Waals surface area contributed by atoms with Crippen LogP contribution >= 0.6 is 0 Å². The Balaban J connectivity index is 1.59. The highest BCUT2D eigenvalue weighted by Gasteiger charge is 2.25. The zero-order chi connectivity index (χ0) is 15.5. The summed E-state index contributed by atoms with van der Waals surface area (Å²) in [6.07, 6.45) is 5.83. The minimum Gasteiger partial charge on any atom is -0.340 e. The Bertz CT molecular complexity index is 527.